The highest BCUT2D eigenvalue weighted by Crippen LogP contribution is 2.30. The lowest BCUT2D eigenvalue weighted by Crippen LogP contribution is -2.39. The van der Waals surface area contributed by atoms with Gasteiger partial charge in [-0.05, 0) is 36.6 Å². The molecule has 1 aliphatic rings. The van der Waals surface area contributed by atoms with Crippen molar-refractivity contribution in [2.75, 3.05) is 20.2 Å². The minimum atomic E-state index is -2.95. The first-order valence-corrected chi connectivity index (χ1v) is 9.67. The topological polar surface area (TPSA) is 55.8 Å². The van der Waals surface area contributed by atoms with E-state index in [1.165, 1.54) is 25.3 Å². The van der Waals surface area contributed by atoms with Crippen molar-refractivity contribution in [3.8, 4) is 11.5 Å². The predicted octanol–water partition coefficient (Wildman–Crippen LogP) is 4.43. The zero-order valence-electron chi connectivity index (χ0n) is 16.6. The van der Waals surface area contributed by atoms with E-state index in [4.69, 9.17) is 4.74 Å². The van der Waals surface area contributed by atoms with E-state index >= 15 is 0 Å². The van der Waals surface area contributed by atoms with Crippen LogP contribution in [0.2, 0.25) is 0 Å². The Labute approximate surface area is 173 Å². The molecule has 1 fully saturated rings. The zero-order chi connectivity index (χ0) is 21.5. The van der Waals surface area contributed by atoms with Crippen molar-refractivity contribution in [3.05, 3.63) is 65.7 Å². The highest BCUT2D eigenvalue weighted by atomic mass is 19.3. The summed E-state index contributed by atoms with van der Waals surface area (Å²) in [7, 11) is 1.35. The van der Waals surface area contributed by atoms with Crippen molar-refractivity contribution in [1.82, 2.24) is 4.90 Å². The van der Waals surface area contributed by atoms with Crippen molar-refractivity contribution in [3.63, 3.8) is 0 Å². The number of hydrogen-bond donors (Lipinski definition) is 0. The number of ether oxygens (including phenoxy) is 2. The van der Waals surface area contributed by atoms with Gasteiger partial charge in [0, 0.05) is 30.6 Å². The van der Waals surface area contributed by atoms with Crippen LogP contribution in [-0.2, 0) is 4.79 Å². The molecule has 0 N–H and O–H groups in total. The molecule has 1 heterocycles. The molecule has 0 unspecified atom stereocenters. The first-order valence-electron chi connectivity index (χ1n) is 9.67. The molecule has 0 aromatic heterocycles. The van der Waals surface area contributed by atoms with Crippen LogP contribution in [0, 0.1) is 5.92 Å². The molecule has 5 nitrogen and oxygen atoms in total. The lowest BCUT2D eigenvalue weighted by molar-refractivity contribution is -0.127. The second-order valence-electron chi connectivity index (χ2n) is 6.95. The van der Waals surface area contributed by atoms with Gasteiger partial charge in [-0.3, -0.25) is 9.59 Å². The van der Waals surface area contributed by atoms with Crippen molar-refractivity contribution >= 4 is 17.8 Å². The van der Waals surface area contributed by atoms with Crippen LogP contribution in [0.25, 0.3) is 6.08 Å². The van der Waals surface area contributed by atoms with Gasteiger partial charge in [-0.2, -0.15) is 8.78 Å². The number of hydrogen-bond acceptors (Lipinski definition) is 4. The summed E-state index contributed by atoms with van der Waals surface area (Å²) in [6, 6.07) is 13.6. The number of likely N-dealkylation sites (tertiary alicyclic amines) is 1. The predicted molar refractivity (Wildman–Crippen MR) is 109 cm³/mol. The number of piperidine rings is 1. The molecule has 0 spiro atoms. The maximum atomic E-state index is 12.6. The van der Waals surface area contributed by atoms with Crippen LogP contribution in [0.5, 0.6) is 11.5 Å². The minimum Gasteiger partial charge on any atom is -0.493 e. The monoisotopic (exact) mass is 415 g/mol. The standard InChI is InChI=1S/C23H23F2NO4/c1-29-20-15-16(7-9-19(20)30-23(24)25)8-10-21(27)26-13-11-18(12-14-26)22(28)17-5-3-2-4-6-17/h2-10,15,18,23H,11-14H2,1H3/b10-8+. The molecule has 30 heavy (non-hydrogen) atoms. The van der Waals surface area contributed by atoms with Gasteiger partial charge in [-0.15, -0.1) is 0 Å². The number of benzene rings is 2. The third kappa shape index (κ3) is 5.43. The molecule has 1 saturated heterocycles. The lowest BCUT2D eigenvalue weighted by atomic mass is 9.89. The molecule has 0 aliphatic carbocycles. The number of methoxy groups -OCH3 is 1. The molecule has 2 aromatic carbocycles. The molecule has 0 atom stereocenters. The maximum absolute atomic E-state index is 12.6. The van der Waals surface area contributed by atoms with E-state index in [9.17, 15) is 18.4 Å². The number of nitrogens with zero attached hydrogens (tertiary/aromatic N) is 1. The van der Waals surface area contributed by atoms with E-state index in [-0.39, 0.29) is 29.1 Å². The number of carbonyl (C=O) groups excluding carboxylic acids is 2. The van der Waals surface area contributed by atoms with Crippen LogP contribution in [0.3, 0.4) is 0 Å². The van der Waals surface area contributed by atoms with E-state index in [0.29, 0.717) is 37.1 Å². The van der Waals surface area contributed by atoms with Crippen LogP contribution in [0.15, 0.2) is 54.6 Å². The van der Waals surface area contributed by atoms with Crippen molar-refractivity contribution < 1.29 is 27.8 Å². The third-order valence-electron chi connectivity index (χ3n) is 5.06. The summed E-state index contributed by atoms with van der Waals surface area (Å²) in [5, 5.41) is 0. The number of alkyl halides is 2. The van der Waals surface area contributed by atoms with Gasteiger partial charge < -0.3 is 14.4 Å². The Kier molecular flexibility index (Phi) is 7.17. The smallest absolute Gasteiger partial charge is 0.387 e. The third-order valence-corrected chi connectivity index (χ3v) is 5.06. The Morgan fingerprint density at radius 3 is 2.40 bits per heavy atom. The maximum Gasteiger partial charge on any atom is 0.387 e. The summed E-state index contributed by atoms with van der Waals surface area (Å²) < 4.78 is 34.3. The summed E-state index contributed by atoms with van der Waals surface area (Å²) in [4.78, 5) is 26.7. The molecular weight excluding hydrogens is 392 g/mol. The Morgan fingerprint density at radius 2 is 1.77 bits per heavy atom. The number of amides is 1. The van der Waals surface area contributed by atoms with E-state index in [1.54, 1.807) is 17.0 Å². The first kappa shape index (κ1) is 21.5. The largest absolute Gasteiger partial charge is 0.493 e. The van der Waals surface area contributed by atoms with Crippen LogP contribution in [0.4, 0.5) is 8.78 Å². The fraction of sp³-hybridized carbons (Fsp3) is 0.304. The van der Waals surface area contributed by atoms with Crippen LogP contribution >= 0.6 is 0 Å². The van der Waals surface area contributed by atoms with Crippen LogP contribution in [0.1, 0.15) is 28.8 Å². The molecule has 158 valence electrons. The average Bonchev–Trinajstić information content (AvgIpc) is 2.78. The SMILES string of the molecule is COc1cc(/C=C/C(=O)N2CCC(C(=O)c3ccccc3)CC2)ccc1OC(F)F. The summed E-state index contributed by atoms with van der Waals surface area (Å²) in [5.41, 5.74) is 1.33. The number of rotatable bonds is 7. The molecule has 0 radical (unpaired) electrons. The molecule has 1 aliphatic heterocycles. The second-order valence-corrected chi connectivity index (χ2v) is 6.95. The summed E-state index contributed by atoms with van der Waals surface area (Å²) in [5.74, 6) is -0.0257. The summed E-state index contributed by atoms with van der Waals surface area (Å²) in [6.07, 6.45) is 4.28. The van der Waals surface area contributed by atoms with E-state index in [2.05, 4.69) is 4.74 Å². The normalized spacial score (nSPS) is 14.9. The Morgan fingerprint density at radius 1 is 1.07 bits per heavy atom. The molecule has 0 saturated carbocycles. The van der Waals surface area contributed by atoms with Crippen molar-refractivity contribution in [2.45, 2.75) is 19.5 Å². The van der Waals surface area contributed by atoms with Gasteiger partial charge in [-0.1, -0.05) is 36.4 Å². The van der Waals surface area contributed by atoms with Gasteiger partial charge in [0.05, 0.1) is 7.11 Å². The second kappa shape index (κ2) is 10.0. The Hall–Kier alpha value is -3.22. The highest BCUT2D eigenvalue weighted by molar-refractivity contribution is 5.98. The van der Waals surface area contributed by atoms with Gasteiger partial charge in [0.1, 0.15) is 0 Å². The molecule has 1 amide bonds. The number of ketones is 1. The van der Waals surface area contributed by atoms with Crippen LogP contribution < -0.4 is 9.47 Å². The number of carbonyl (C=O) groups is 2. The average molecular weight is 415 g/mol. The molecule has 3 rings (SSSR count). The fourth-order valence-corrected chi connectivity index (χ4v) is 3.45. The first-order chi connectivity index (χ1) is 14.5. The molecular formula is C23H23F2NO4. The van der Waals surface area contributed by atoms with E-state index in [0.717, 1.165) is 0 Å². The van der Waals surface area contributed by atoms with Crippen LogP contribution in [-0.4, -0.2) is 43.4 Å². The van der Waals surface area contributed by atoms with Gasteiger partial charge in [0.25, 0.3) is 0 Å². The molecule has 7 heteroatoms. The Bertz CT molecular complexity index is 907. The van der Waals surface area contributed by atoms with Gasteiger partial charge >= 0.3 is 6.61 Å². The van der Waals surface area contributed by atoms with Crippen molar-refractivity contribution in [1.29, 1.82) is 0 Å². The van der Waals surface area contributed by atoms with Crippen molar-refractivity contribution in [2.24, 2.45) is 5.92 Å². The van der Waals surface area contributed by atoms with Gasteiger partial charge in [0.2, 0.25) is 5.91 Å². The highest BCUT2D eigenvalue weighted by Gasteiger charge is 2.27. The number of Topliss-reactive ketones (excluding diaryl/α,β-unsaturated/α-hetero) is 1. The van der Waals surface area contributed by atoms with E-state index < -0.39 is 6.61 Å². The fourth-order valence-electron chi connectivity index (χ4n) is 3.45. The summed E-state index contributed by atoms with van der Waals surface area (Å²) in [6.45, 7) is -1.92. The van der Waals surface area contributed by atoms with Gasteiger partial charge in [0.15, 0.2) is 17.3 Å². The minimum absolute atomic E-state index is 0.0684. The number of halogens is 2. The quantitative estimate of drug-likeness (QED) is 0.496. The zero-order valence-corrected chi connectivity index (χ0v) is 16.6. The van der Waals surface area contributed by atoms with E-state index in [1.807, 2.05) is 30.3 Å². The molecule has 2 aromatic rings. The van der Waals surface area contributed by atoms with Gasteiger partial charge in [-0.25, -0.2) is 0 Å². The molecule has 0 bridgehead atoms. The summed E-state index contributed by atoms with van der Waals surface area (Å²) >= 11 is 0. The lowest BCUT2D eigenvalue weighted by Gasteiger charge is -2.30. The Balaban J connectivity index is 1.57.